The van der Waals surface area contributed by atoms with Crippen molar-refractivity contribution in [2.45, 2.75) is 59.0 Å². The Hall–Kier alpha value is -3.32. The normalized spacial score (nSPS) is 17.6. The molecule has 4 rings (SSSR count). The molecule has 1 saturated heterocycles. The van der Waals surface area contributed by atoms with Crippen LogP contribution in [0.1, 0.15) is 66.5 Å². The van der Waals surface area contributed by atoms with Gasteiger partial charge in [0.2, 0.25) is 0 Å². The van der Waals surface area contributed by atoms with Crippen LogP contribution in [-0.4, -0.2) is 45.9 Å². The standard InChI is InChI=1S/C29H39N5O2/c1-19-9-10-21(16-22(19)17-33-14-6-8-23(18-33)34-15-7-13-32-34)26(29(3,4)28(35)36)24-11-12-25(31-5)27(30)20(24)2/h7,9-13,15-16,23,26,31H,6,8,14,17-18,30H2,1-5H3,(H,35,36). The van der Waals surface area contributed by atoms with E-state index in [4.69, 9.17) is 5.73 Å². The summed E-state index contributed by atoms with van der Waals surface area (Å²) >= 11 is 0. The summed E-state index contributed by atoms with van der Waals surface area (Å²) in [4.78, 5) is 15.0. The first-order chi connectivity index (χ1) is 17.1. The number of carbonyl (C=O) groups is 1. The van der Waals surface area contributed by atoms with Crippen LogP contribution in [0.15, 0.2) is 48.8 Å². The van der Waals surface area contributed by atoms with E-state index in [1.165, 1.54) is 11.1 Å². The van der Waals surface area contributed by atoms with Crippen molar-refractivity contribution in [2.75, 3.05) is 31.2 Å². The van der Waals surface area contributed by atoms with Crippen molar-refractivity contribution in [3.63, 3.8) is 0 Å². The van der Waals surface area contributed by atoms with Crippen molar-refractivity contribution in [3.8, 4) is 0 Å². The number of likely N-dealkylation sites (tertiary alicyclic amines) is 1. The molecule has 0 aliphatic carbocycles. The number of aryl methyl sites for hydroxylation is 1. The molecule has 3 aromatic rings. The Kier molecular flexibility index (Phi) is 7.41. The van der Waals surface area contributed by atoms with Crippen LogP contribution >= 0.6 is 0 Å². The van der Waals surface area contributed by atoms with Crippen molar-refractivity contribution in [3.05, 3.63) is 76.6 Å². The number of nitrogen functional groups attached to an aromatic ring is 1. The fourth-order valence-electron chi connectivity index (χ4n) is 5.55. The summed E-state index contributed by atoms with van der Waals surface area (Å²) in [6, 6.07) is 12.8. The molecule has 1 aliphatic heterocycles. The maximum atomic E-state index is 12.5. The van der Waals surface area contributed by atoms with Gasteiger partial charge in [-0.05, 0) is 87.0 Å². The lowest BCUT2D eigenvalue weighted by molar-refractivity contribution is -0.147. The van der Waals surface area contributed by atoms with Crippen LogP contribution in [0, 0.1) is 19.3 Å². The molecule has 0 bridgehead atoms. The highest BCUT2D eigenvalue weighted by atomic mass is 16.4. The van der Waals surface area contributed by atoms with E-state index in [-0.39, 0.29) is 5.92 Å². The molecule has 2 atom stereocenters. The molecular formula is C29H39N5O2. The van der Waals surface area contributed by atoms with Crippen molar-refractivity contribution in [2.24, 2.45) is 5.41 Å². The Morgan fingerprint density at radius 2 is 2.06 bits per heavy atom. The van der Waals surface area contributed by atoms with Crippen LogP contribution in [0.5, 0.6) is 0 Å². The number of piperidine rings is 1. The Morgan fingerprint density at radius 1 is 1.28 bits per heavy atom. The van der Waals surface area contributed by atoms with E-state index >= 15 is 0 Å². The molecule has 1 aromatic heterocycles. The second kappa shape index (κ2) is 10.3. The summed E-state index contributed by atoms with van der Waals surface area (Å²) in [7, 11) is 1.84. The predicted molar refractivity (Wildman–Crippen MR) is 145 cm³/mol. The zero-order chi connectivity index (χ0) is 26.0. The van der Waals surface area contributed by atoms with Gasteiger partial charge in [0.25, 0.3) is 0 Å². The Labute approximate surface area is 214 Å². The van der Waals surface area contributed by atoms with E-state index in [0.717, 1.165) is 54.9 Å². The predicted octanol–water partition coefficient (Wildman–Crippen LogP) is 5.20. The summed E-state index contributed by atoms with van der Waals surface area (Å²) < 4.78 is 2.07. The number of hydrogen-bond acceptors (Lipinski definition) is 5. The van der Waals surface area contributed by atoms with E-state index < -0.39 is 11.4 Å². The zero-order valence-electron chi connectivity index (χ0n) is 22.1. The van der Waals surface area contributed by atoms with E-state index in [1.54, 1.807) is 13.8 Å². The van der Waals surface area contributed by atoms with Crippen molar-refractivity contribution in [1.82, 2.24) is 14.7 Å². The van der Waals surface area contributed by atoms with Crippen LogP contribution < -0.4 is 11.1 Å². The van der Waals surface area contributed by atoms with Crippen molar-refractivity contribution < 1.29 is 9.90 Å². The minimum absolute atomic E-state index is 0.347. The minimum atomic E-state index is -1.03. The lowest BCUT2D eigenvalue weighted by atomic mass is 9.69. The Morgan fingerprint density at radius 3 is 2.72 bits per heavy atom. The molecule has 0 amide bonds. The summed E-state index contributed by atoms with van der Waals surface area (Å²) in [5.74, 6) is -1.18. The average molecular weight is 490 g/mol. The number of rotatable bonds is 8. The molecule has 2 aromatic carbocycles. The molecule has 4 N–H and O–H groups in total. The fourth-order valence-corrected chi connectivity index (χ4v) is 5.55. The van der Waals surface area contributed by atoms with Gasteiger partial charge in [0.15, 0.2) is 0 Å². The quantitative estimate of drug-likeness (QED) is 0.376. The first-order valence-electron chi connectivity index (χ1n) is 12.7. The summed E-state index contributed by atoms with van der Waals surface area (Å²) in [5, 5.41) is 17.8. The molecule has 1 aliphatic rings. The number of carboxylic acids is 1. The average Bonchev–Trinajstić information content (AvgIpc) is 3.39. The number of anilines is 2. The number of hydrogen-bond donors (Lipinski definition) is 3. The number of nitrogens with two attached hydrogens (primary N) is 1. The molecular weight excluding hydrogens is 450 g/mol. The van der Waals surface area contributed by atoms with Gasteiger partial charge in [-0.25, -0.2) is 0 Å². The minimum Gasteiger partial charge on any atom is -0.481 e. The fraction of sp³-hybridized carbons (Fsp3) is 0.448. The Bertz CT molecular complexity index is 1220. The van der Waals surface area contributed by atoms with E-state index in [2.05, 4.69) is 45.1 Å². The smallest absolute Gasteiger partial charge is 0.310 e. The molecule has 2 heterocycles. The van der Waals surface area contributed by atoms with Crippen molar-refractivity contribution in [1.29, 1.82) is 0 Å². The highest BCUT2D eigenvalue weighted by Gasteiger charge is 2.40. The van der Waals surface area contributed by atoms with E-state index in [9.17, 15) is 9.90 Å². The van der Waals surface area contributed by atoms with Gasteiger partial charge in [0, 0.05) is 38.4 Å². The van der Waals surface area contributed by atoms with Crippen LogP contribution in [0.25, 0.3) is 0 Å². The van der Waals surface area contributed by atoms with Gasteiger partial charge in [0.1, 0.15) is 0 Å². The number of benzene rings is 2. The third-order valence-electron chi connectivity index (χ3n) is 7.89. The van der Waals surface area contributed by atoms with Crippen LogP contribution in [0.3, 0.4) is 0 Å². The first-order valence-corrected chi connectivity index (χ1v) is 12.7. The molecule has 36 heavy (non-hydrogen) atoms. The molecule has 0 radical (unpaired) electrons. The van der Waals surface area contributed by atoms with Gasteiger partial charge in [-0.3, -0.25) is 14.4 Å². The van der Waals surface area contributed by atoms with Gasteiger partial charge in [-0.2, -0.15) is 5.10 Å². The lowest BCUT2D eigenvalue weighted by Gasteiger charge is -2.35. The van der Waals surface area contributed by atoms with Crippen molar-refractivity contribution >= 4 is 17.3 Å². The summed E-state index contributed by atoms with van der Waals surface area (Å²) in [6.07, 6.45) is 6.16. The molecule has 192 valence electrons. The zero-order valence-corrected chi connectivity index (χ0v) is 22.1. The molecule has 1 fully saturated rings. The molecule has 7 heteroatoms. The molecule has 0 saturated carbocycles. The third-order valence-corrected chi connectivity index (χ3v) is 7.89. The second-order valence-corrected chi connectivity index (χ2v) is 10.7. The van der Waals surface area contributed by atoms with Gasteiger partial charge >= 0.3 is 5.97 Å². The molecule has 0 spiro atoms. The topological polar surface area (TPSA) is 96.4 Å². The molecule has 2 unspecified atom stereocenters. The first kappa shape index (κ1) is 25.8. The number of carboxylic acid groups (broad SMARTS) is 1. The molecule has 7 nitrogen and oxygen atoms in total. The van der Waals surface area contributed by atoms with E-state index in [0.29, 0.717) is 11.7 Å². The third kappa shape index (κ3) is 4.98. The van der Waals surface area contributed by atoms with E-state index in [1.807, 2.05) is 44.6 Å². The van der Waals surface area contributed by atoms with Gasteiger partial charge in [-0.15, -0.1) is 0 Å². The maximum Gasteiger partial charge on any atom is 0.310 e. The SMILES string of the molecule is CNc1ccc(C(c2ccc(C)c(CN3CCCC(n4cccn4)C3)c2)C(C)(C)C(=O)O)c(C)c1N. The summed E-state index contributed by atoms with van der Waals surface area (Å²) in [5.41, 5.74) is 12.2. The lowest BCUT2D eigenvalue weighted by Crippen LogP contribution is -2.36. The highest BCUT2D eigenvalue weighted by Crippen LogP contribution is 2.45. The van der Waals surface area contributed by atoms with Gasteiger partial charge < -0.3 is 16.2 Å². The van der Waals surface area contributed by atoms with Crippen LogP contribution in [0.2, 0.25) is 0 Å². The largest absolute Gasteiger partial charge is 0.481 e. The second-order valence-electron chi connectivity index (χ2n) is 10.7. The number of nitrogens with one attached hydrogen (secondary N) is 1. The maximum absolute atomic E-state index is 12.5. The Balaban J connectivity index is 1.70. The van der Waals surface area contributed by atoms with Gasteiger partial charge in [-0.1, -0.05) is 24.3 Å². The number of aromatic nitrogens is 2. The van der Waals surface area contributed by atoms with Crippen LogP contribution in [0.4, 0.5) is 11.4 Å². The van der Waals surface area contributed by atoms with Crippen LogP contribution in [-0.2, 0) is 11.3 Å². The number of aliphatic carboxylic acids is 1. The number of nitrogens with zero attached hydrogens (tertiary/aromatic N) is 3. The van der Waals surface area contributed by atoms with Gasteiger partial charge in [0.05, 0.1) is 22.8 Å². The monoisotopic (exact) mass is 489 g/mol. The highest BCUT2D eigenvalue weighted by molar-refractivity contribution is 5.78. The summed E-state index contributed by atoms with van der Waals surface area (Å²) in [6.45, 7) is 10.6.